The number of ketones is 1. The summed E-state index contributed by atoms with van der Waals surface area (Å²) in [6.07, 6.45) is 7.60. The zero-order valence-electron chi connectivity index (χ0n) is 14.2. The maximum atomic E-state index is 12.2. The highest BCUT2D eigenvalue weighted by molar-refractivity contribution is 7.15. The van der Waals surface area contributed by atoms with E-state index in [1.807, 2.05) is 0 Å². The molecule has 0 N–H and O–H groups in total. The largest absolute Gasteiger partial charge is 0.344 e. The Morgan fingerprint density at radius 1 is 1.17 bits per heavy atom. The van der Waals surface area contributed by atoms with E-state index < -0.39 is 0 Å². The quantitative estimate of drug-likeness (QED) is 0.766. The van der Waals surface area contributed by atoms with Gasteiger partial charge in [-0.1, -0.05) is 43.9 Å². The summed E-state index contributed by atoms with van der Waals surface area (Å²) in [7, 11) is 0. The van der Waals surface area contributed by atoms with Crippen molar-refractivity contribution in [3.8, 4) is 0 Å². The molecule has 1 saturated carbocycles. The van der Waals surface area contributed by atoms with Gasteiger partial charge in [-0.2, -0.15) is 0 Å². The molecule has 0 unspecified atom stereocenters. The van der Waals surface area contributed by atoms with E-state index in [9.17, 15) is 4.79 Å². The Balaban J connectivity index is 1.44. The number of carbonyl (C=O) groups excluding carboxylic acids is 1. The van der Waals surface area contributed by atoms with Gasteiger partial charge in [-0.05, 0) is 18.9 Å². The minimum atomic E-state index is 0.329. The maximum Gasteiger partial charge on any atom is 0.208 e. The topological polar surface area (TPSA) is 49.3 Å². The summed E-state index contributed by atoms with van der Waals surface area (Å²) >= 11 is 1.60. The zero-order chi connectivity index (χ0) is 16.1. The molecule has 5 nitrogen and oxygen atoms in total. The molecule has 2 aliphatic rings. The van der Waals surface area contributed by atoms with Crippen LogP contribution in [0.25, 0.3) is 0 Å². The summed E-state index contributed by atoms with van der Waals surface area (Å²) in [5.41, 5.74) is 0. The minimum Gasteiger partial charge on any atom is -0.344 e. The lowest BCUT2D eigenvalue weighted by atomic mass is 9.99. The van der Waals surface area contributed by atoms with Crippen LogP contribution in [0.5, 0.6) is 0 Å². The van der Waals surface area contributed by atoms with Gasteiger partial charge in [0, 0.05) is 32.6 Å². The summed E-state index contributed by atoms with van der Waals surface area (Å²) in [6, 6.07) is 0. The van der Waals surface area contributed by atoms with E-state index in [2.05, 4.69) is 26.9 Å². The van der Waals surface area contributed by atoms with E-state index in [1.54, 1.807) is 11.3 Å². The van der Waals surface area contributed by atoms with Crippen molar-refractivity contribution in [1.82, 2.24) is 15.1 Å². The van der Waals surface area contributed by atoms with Gasteiger partial charge in [0.25, 0.3) is 0 Å². The second-order valence-electron chi connectivity index (χ2n) is 6.80. The second kappa shape index (κ2) is 8.20. The summed E-state index contributed by atoms with van der Waals surface area (Å²) in [5.74, 6) is 1.12. The van der Waals surface area contributed by atoms with Crippen molar-refractivity contribution < 1.29 is 4.79 Å². The maximum absolute atomic E-state index is 12.2. The van der Waals surface area contributed by atoms with Crippen LogP contribution in [-0.2, 0) is 11.2 Å². The molecule has 2 heterocycles. The Morgan fingerprint density at radius 3 is 2.61 bits per heavy atom. The number of nitrogens with zero attached hydrogens (tertiary/aromatic N) is 4. The van der Waals surface area contributed by atoms with Crippen molar-refractivity contribution in [2.75, 3.05) is 37.6 Å². The third kappa shape index (κ3) is 4.73. The Kier molecular flexibility index (Phi) is 6.00. The predicted molar refractivity (Wildman–Crippen MR) is 94.1 cm³/mol. The molecule has 0 atom stereocenters. The third-order valence-corrected chi connectivity index (χ3v) is 6.18. The molecular formula is C17H28N4OS. The molecule has 3 rings (SSSR count). The first-order valence-electron chi connectivity index (χ1n) is 9.06. The number of rotatable bonds is 7. The average Bonchev–Trinajstić information content (AvgIpc) is 3.25. The van der Waals surface area contributed by atoms with Gasteiger partial charge in [0.05, 0.1) is 6.42 Å². The van der Waals surface area contributed by atoms with E-state index in [0.29, 0.717) is 12.2 Å². The summed E-state index contributed by atoms with van der Waals surface area (Å²) in [5, 5.41) is 10.4. The lowest BCUT2D eigenvalue weighted by molar-refractivity contribution is -0.118. The van der Waals surface area contributed by atoms with E-state index >= 15 is 0 Å². The molecule has 0 spiro atoms. The van der Waals surface area contributed by atoms with Crippen molar-refractivity contribution in [3.63, 3.8) is 0 Å². The first-order valence-corrected chi connectivity index (χ1v) is 9.87. The predicted octanol–water partition coefficient (Wildman–Crippen LogP) is 2.76. The Morgan fingerprint density at radius 2 is 1.91 bits per heavy atom. The van der Waals surface area contributed by atoms with Gasteiger partial charge in [0.15, 0.2) is 0 Å². The molecule has 1 aliphatic heterocycles. The molecule has 0 aromatic carbocycles. The highest BCUT2D eigenvalue weighted by Crippen LogP contribution is 2.29. The van der Waals surface area contributed by atoms with Gasteiger partial charge >= 0.3 is 0 Å². The van der Waals surface area contributed by atoms with Crippen LogP contribution in [-0.4, -0.2) is 53.6 Å². The molecule has 0 bridgehead atoms. The lowest BCUT2D eigenvalue weighted by Gasteiger charge is -2.33. The van der Waals surface area contributed by atoms with Gasteiger partial charge in [0.2, 0.25) is 5.13 Å². The van der Waals surface area contributed by atoms with Crippen LogP contribution < -0.4 is 4.90 Å². The summed E-state index contributed by atoms with van der Waals surface area (Å²) in [6.45, 7) is 7.52. The molecule has 1 aromatic heterocycles. The number of carbonyl (C=O) groups is 1. The fourth-order valence-corrected chi connectivity index (χ4v) is 4.54. The minimum absolute atomic E-state index is 0.329. The molecule has 0 radical (unpaired) electrons. The van der Waals surface area contributed by atoms with Crippen molar-refractivity contribution in [1.29, 1.82) is 0 Å². The van der Waals surface area contributed by atoms with Crippen LogP contribution in [0.15, 0.2) is 0 Å². The number of hydrogen-bond acceptors (Lipinski definition) is 6. The second-order valence-corrected chi connectivity index (χ2v) is 7.84. The molecule has 6 heteroatoms. The molecule has 2 fully saturated rings. The molecule has 1 aromatic rings. The van der Waals surface area contributed by atoms with Gasteiger partial charge in [-0.25, -0.2) is 0 Å². The molecule has 23 heavy (non-hydrogen) atoms. The zero-order valence-corrected chi connectivity index (χ0v) is 15.0. The normalized spacial score (nSPS) is 20.3. The van der Waals surface area contributed by atoms with Crippen molar-refractivity contribution in [2.24, 2.45) is 5.92 Å². The van der Waals surface area contributed by atoms with Crippen LogP contribution in [0.2, 0.25) is 0 Å². The number of aromatic nitrogens is 2. The number of Topliss-reactive ketones (excluding diaryl/α,β-unsaturated/α-hetero) is 1. The fraction of sp³-hybridized carbons (Fsp3) is 0.824. The number of anilines is 1. The van der Waals surface area contributed by atoms with E-state index in [-0.39, 0.29) is 0 Å². The Bertz CT molecular complexity index is 504. The number of hydrogen-bond donors (Lipinski definition) is 0. The summed E-state index contributed by atoms with van der Waals surface area (Å²) in [4.78, 5) is 16.9. The molecular weight excluding hydrogens is 308 g/mol. The van der Waals surface area contributed by atoms with Crippen LogP contribution in [0.4, 0.5) is 5.13 Å². The third-order valence-electron chi connectivity index (χ3n) is 5.20. The van der Waals surface area contributed by atoms with E-state index in [4.69, 9.17) is 0 Å². The molecule has 1 aliphatic carbocycles. The highest BCUT2D eigenvalue weighted by Gasteiger charge is 2.20. The van der Waals surface area contributed by atoms with E-state index in [0.717, 1.165) is 61.6 Å². The first-order chi connectivity index (χ1) is 11.2. The van der Waals surface area contributed by atoms with Crippen LogP contribution in [0.1, 0.15) is 50.5 Å². The Hall–Kier alpha value is -1.01. The first kappa shape index (κ1) is 16.8. The molecule has 0 amide bonds. The monoisotopic (exact) mass is 336 g/mol. The number of piperazine rings is 1. The Labute approximate surface area is 143 Å². The van der Waals surface area contributed by atoms with Gasteiger partial charge in [0.1, 0.15) is 10.8 Å². The standard InChI is InChI=1S/C17H28N4OS/c1-2-20-9-11-21(12-10-20)17-19-18-16(23-17)13-15(22)8-7-14-5-3-4-6-14/h14H,2-13H2,1H3. The SMILES string of the molecule is CCN1CCN(c2nnc(CC(=O)CCC3CCCC3)s2)CC1. The molecule has 1 saturated heterocycles. The fourth-order valence-electron chi connectivity index (χ4n) is 3.62. The molecule has 128 valence electrons. The van der Waals surface area contributed by atoms with Crippen molar-refractivity contribution in [2.45, 2.75) is 51.9 Å². The van der Waals surface area contributed by atoms with Gasteiger partial charge in [-0.15, -0.1) is 10.2 Å². The van der Waals surface area contributed by atoms with Crippen LogP contribution >= 0.6 is 11.3 Å². The van der Waals surface area contributed by atoms with Gasteiger partial charge < -0.3 is 9.80 Å². The van der Waals surface area contributed by atoms with Crippen LogP contribution in [0.3, 0.4) is 0 Å². The van der Waals surface area contributed by atoms with Crippen molar-refractivity contribution in [3.05, 3.63) is 5.01 Å². The van der Waals surface area contributed by atoms with Crippen LogP contribution in [0, 0.1) is 5.92 Å². The van der Waals surface area contributed by atoms with Crippen molar-refractivity contribution >= 4 is 22.3 Å². The average molecular weight is 337 g/mol. The highest BCUT2D eigenvalue weighted by atomic mass is 32.1. The lowest BCUT2D eigenvalue weighted by Crippen LogP contribution is -2.46. The van der Waals surface area contributed by atoms with E-state index in [1.165, 1.54) is 25.7 Å². The van der Waals surface area contributed by atoms with Gasteiger partial charge in [-0.3, -0.25) is 4.79 Å². The number of likely N-dealkylation sites (N-methyl/N-ethyl adjacent to an activating group) is 1. The summed E-state index contributed by atoms with van der Waals surface area (Å²) < 4.78 is 0. The smallest absolute Gasteiger partial charge is 0.208 e.